The summed E-state index contributed by atoms with van der Waals surface area (Å²) in [5.74, 6) is 0. The van der Waals surface area contributed by atoms with Crippen LogP contribution >= 0.6 is 22.7 Å². The van der Waals surface area contributed by atoms with E-state index in [-0.39, 0.29) is 0 Å². The van der Waals surface area contributed by atoms with Crippen LogP contribution in [0.1, 0.15) is 47.2 Å². The van der Waals surface area contributed by atoms with Crippen molar-refractivity contribution >= 4 is 38.4 Å². The number of hydrogen-bond acceptors (Lipinski definition) is 3. The molecule has 3 heteroatoms. The Kier molecular flexibility index (Phi) is 4.13. The van der Waals surface area contributed by atoms with Crippen molar-refractivity contribution in [2.75, 3.05) is 0 Å². The van der Waals surface area contributed by atoms with Crippen LogP contribution in [0.15, 0.2) is 12.1 Å². The molecule has 0 bridgehead atoms. The minimum atomic E-state index is 0.846. The Morgan fingerprint density at radius 1 is 1.12 bits per heavy atom. The lowest BCUT2D eigenvalue weighted by Gasteiger charge is -1.96. The fraction of sp³-hybridized carbons (Fsp3) is 0.462. The first-order chi connectivity index (χ1) is 7.83. The molecule has 0 unspecified atom stereocenters. The zero-order chi connectivity index (χ0) is 11.4. The molecule has 2 aromatic rings. The molecule has 0 atom stereocenters. The maximum atomic E-state index is 10.6. The molecule has 0 amide bonds. The fourth-order valence-electron chi connectivity index (χ4n) is 1.81. The molecule has 0 radical (unpaired) electrons. The Bertz CT molecular complexity index is 436. The van der Waals surface area contributed by atoms with Gasteiger partial charge in [-0.25, -0.2) is 0 Å². The first-order valence-corrected chi connectivity index (χ1v) is 7.44. The number of unbranched alkanes of at least 4 members (excludes halogenated alkanes) is 3. The minimum absolute atomic E-state index is 0.846. The molecule has 0 saturated carbocycles. The summed E-state index contributed by atoms with van der Waals surface area (Å²) in [6, 6.07) is 4.26. The monoisotopic (exact) mass is 252 g/mol. The lowest BCUT2D eigenvalue weighted by atomic mass is 10.1. The van der Waals surface area contributed by atoms with Gasteiger partial charge in [0.05, 0.1) is 4.88 Å². The Morgan fingerprint density at radius 3 is 2.62 bits per heavy atom. The number of aldehydes is 1. The number of carbonyl (C=O) groups is 1. The van der Waals surface area contributed by atoms with Crippen LogP contribution in [0.4, 0.5) is 0 Å². The van der Waals surface area contributed by atoms with E-state index in [0.29, 0.717) is 0 Å². The van der Waals surface area contributed by atoms with Gasteiger partial charge < -0.3 is 0 Å². The van der Waals surface area contributed by atoms with E-state index in [1.807, 2.05) is 17.4 Å². The van der Waals surface area contributed by atoms with Crippen molar-refractivity contribution < 1.29 is 4.79 Å². The Morgan fingerprint density at radius 2 is 1.94 bits per heavy atom. The van der Waals surface area contributed by atoms with Gasteiger partial charge in [-0.05, 0) is 25.0 Å². The number of thiophene rings is 2. The molecule has 86 valence electrons. The van der Waals surface area contributed by atoms with Gasteiger partial charge >= 0.3 is 0 Å². The Labute approximate surface area is 104 Å². The van der Waals surface area contributed by atoms with Gasteiger partial charge in [0.15, 0.2) is 6.29 Å². The van der Waals surface area contributed by atoms with Crippen LogP contribution in [0.5, 0.6) is 0 Å². The van der Waals surface area contributed by atoms with Crippen LogP contribution in [0.3, 0.4) is 0 Å². The molecule has 1 nitrogen and oxygen atoms in total. The smallest absolute Gasteiger partial charge is 0.160 e. The normalized spacial score (nSPS) is 11.1. The number of fused-ring (bicyclic) bond motifs is 1. The highest BCUT2D eigenvalue weighted by Crippen LogP contribution is 2.33. The SMILES string of the molecule is CCCCCCc1cc2sc(C=O)cc2s1. The van der Waals surface area contributed by atoms with E-state index in [9.17, 15) is 4.79 Å². The lowest BCUT2D eigenvalue weighted by molar-refractivity contribution is 0.112. The molecule has 0 aliphatic rings. The van der Waals surface area contributed by atoms with Crippen molar-refractivity contribution in [3.05, 3.63) is 21.9 Å². The highest BCUT2D eigenvalue weighted by atomic mass is 32.1. The van der Waals surface area contributed by atoms with Crippen LogP contribution in [-0.2, 0) is 6.42 Å². The lowest BCUT2D eigenvalue weighted by Crippen LogP contribution is -1.80. The van der Waals surface area contributed by atoms with Gasteiger partial charge in [-0.15, -0.1) is 22.7 Å². The van der Waals surface area contributed by atoms with E-state index in [1.54, 1.807) is 11.3 Å². The largest absolute Gasteiger partial charge is 0.297 e. The molecule has 0 spiro atoms. The third-order valence-corrected chi connectivity index (χ3v) is 4.95. The van der Waals surface area contributed by atoms with Gasteiger partial charge in [0.1, 0.15) is 0 Å². The number of rotatable bonds is 6. The molecule has 2 heterocycles. The van der Waals surface area contributed by atoms with Gasteiger partial charge in [0.25, 0.3) is 0 Å². The summed E-state index contributed by atoms with van der Waals surface area (Å²) >= 11 is 3.45. The summed E-state index contributed by atoms with van der Waals surface area (Å²) in [4.78, 5) is 12.9. The molecule has 2 rings (SSSR count). The summed E-state index contributed by atoms with van der Waals surface area (Å²) < 4.78 is 2.55. The number of carbonyl (C=O) groups excluding carboxylic acids is 1. The van der Waals surface area contributed by atoms with Crippen LogP contribution in [0.2, 0.25) is 0 Å². The molecule has 0 aliphatic heterocycles. The van der Waals surface area contributed by atoms with Gasteiger partial charge in [-0.3, -0.25) is 4.79 Å². The highest BCUT2D eigenvalue weighted by molar-refractivity contribution is 7.28. The maximum Gasteiger partial charge on any atom is 0.160 e. The molecular formula is C13H16OS2. The molecule has 0 aromatic carbocycles. The van der Waals surface area contributed by atoms with Crippen LogP contribution < -0.4 is 0 Å². The predicted octanol–water partition coefficient (Wildman–Crippen LogP) is 4.90. The van der Waals surface area contributed by atoms with Gasteiger partial charge in [-0.2, -0.15) is 0 Å². The van der Waals surface area contributed by atoms with E-state index in [1.165, 1.54) is 46.4 Å². The Balaban J connectivity index is 1.98. The fourth-order valence-corrected chi connectivity index (χ4v) is 4.10. The van der Waals surface area contributed by atoms with Crippen LogP contribution in [-0.4, -0.2) is 6.29 Å². The molecule has 0 fully saturated rings. The zero-order valence-electron chi connectivity index (χ0n) is 9.49. The predicted molar refractivity (Wildman–Crippen MR) is 72.9 cm³/mol. The van der Waals surface area contributed by atoms with E-state index in [0.717, 1.165) is 11.2 Å². The molecule has 0 aliphatic carbocycles. The quantitative estimate of drug-likeness (QED) is 0.528. The van der Waals surface area contributed by atoms with Crippen LogP contribution in [0, 0.1) is 0 Å². The summed E-state index contributed by atoms with van der Waals surface area (Å²) in [5.41, 5.74) is 0. The maximum absolute atomic E-state index is 10.6. The summed E-state index contributed by atoms with van der Waals surface area (Å²) in [5, 5.41) is 0. The average Bonchev–Trinajstić information content (AvgIpc) is 2.81. The third-order valence-electron chi connectivity index (χ3n) is 2.67. The zero-order valence-corrected chi connectivity index (χ0v) is 11.1. The molecule has 16 heavy (non-hydrogen) atoms. The summed E-state index contributed by atoms with van der Waals surface area (Å²) in [6.07, 6.45) is 7.40. The first-order valence-electron chi connectivity index (χ1n) is 5.81. The molecule has 0 N–H and O–H groups in total. The van der Waals surface area contributed by atoms with E-state index in [2.05, 4.69) is 13.0 Å². The highest BCUT2D eigenvalue weighted by Gasteiger charge is 2.06. The standard InChI is InChI=1S/C13H16OS2/c1-2-3-4-5-6-10-7-12-13(15-10)8-11(9-14)16-12/h7-9H,2-6H2,1H3. The van der Waals surface area contributed by atoms with Crippen molar-refractivity contribution in [3.8, 4) is 0 Å². The molecular weight excluding hydrogens is 236 g/mol. The summed E-state index contributed by atoms with van der Waals surface area (Å²) in [7, 11) is 0. The van der Waals surface area contributed by atoms with Crippen molar-refractivity contribution in [1.82, 2.24) is 0 Å². The topological polar surface area (TPSA) is 17.1 Å². The third kappa shape index (κ3) is 2.71. The number of hydrogen-bond donors (Lipinski definition) is 0. The van der Waals surface area contributed by atoms with E-state index < -0.39 is 0 Å². The van der Waals surface area contributed by atoms with Crippen LogP contribution in [0.25, 0.3) is 9.40 Å². The minimum Gasteiger partial charge on any atom is -0.297 e. The first kappa shape index (κ1) is 11.8. The van der Waals surface area contributed by atoms with Crippen molar-refractivity contribution in [1.29, 1.82) is 0 Å². The summed E-state index contributed by atoms with van der Waals surface area (Å²) in [6.45, 7) is 2.24. The van der Waals surface area contributed by atoms with Crippen molar-refractivity contribution in [2.45, 2.75) is 39.0 Å². The van der Waals surface area contributed by atoms with Crippen molar-refractivity contribution in [2.24, 2.45) is 0 Å². The molecule has 0 saturated heterocycles. The Hall–Kier alpha value is -0.670. The second kappa shape index (κ2) is 5.60. The second-order valence-electron chi connectivity index (χ2n) is 4.02. The second-order valence-corrected chi connectivity index (χ2v) is 6.30. The molecule has 2 aromatic heterocycles. The number of aryl methyl sites for hydroxylation is 1. The average molecular weight is 252 g/mol. The van der Waals surface area contributed by atoms with Gasteiger partial charge in [-0.1, -0.05) is 26.2 Å². The van der Waals surface area contributed by atoms with E-state index in [4.69, 9.17) is 0 Å². The van der Waals surface area contributed by atoms with Gasteiger partial charge in [0.2, 0.25) is 0 Å². The van der Waals surface area contributed by atoms with Crippen molar-refractivity contribution in [3.63, 3.8) is 0 Å². The van der Waals surface area contributed by atoms with E-state index >= 15 is 0 Å². The van der Waals surface area contributed by atoms with Gasteiger partial charge in [0, 0.05) is 14.3 Å².